The van der Waals surface area contributed by atoms with Crippen LogP contribution in [0.1, 0.15) is 70.6 Å². The van der Waals surface area contributed by atoms with Gasteiger partial charge in [0.25, 0.3) is 0 Å². The standard InChI is InChI=1S/C25H38N2O6/c1-2-14-26(17-10-6-5-7-11-17)23(30)21-25-13-12-18(33-25)19(24(31)32)20(25)22(29)27(21)15-8-3-4-9-16-28/h2,17-21,28H,1,3-16H2,(H,31,32)/t18-,19+,20+,21?,25?/m1/s1. The summed E-state index contributed by atoms with van der Waals surface area (Å²) in [6.45, 7) is 4.83. The van der Waals surface area contributed by atoms with Gasteiger partial charge in [-0.2, -0.15) is 0 Å². The van der Waals surface area contributed by atoms with Gasteiger partial charge in [0.1, 0.15) is 11.6 Å². The lowest BCUT2D eigenvalue weighted by Gasteiger charge is -2.40. The van der Waals surface area contributed by atoms with E-state index >= 15 is 0 Å². The van der Waals surface area contributed by atoms with Gasteiger partial charge < -0.3 is 24.7 Å². The maximum absolute atomic E-state index is 14.2. The van der Waals surface area contributed by atoms with Crippen molar-refractivity contribution in [1.29, 1.82) is 0 Å². The van der Waals surface area contributed by atoms with Gasteiger partial charge >= 0.3 is 5.97 Å². The molecule has 1 aliphatic carbocycles. The number of fused-ring (bicyclic) bond motifs is 1. The van der Waals surface area contributed by atoms with Gasteiger partial charge in [-0.3, -0.25) is 14.4 Å². The molecule has 2 amide bonds. The lowest BCUT2D eigenvalue weighted by Crippen LogP contribution is -2.58. The van der Waals surface area contributed by atoms with Crippen LogP contribution in [-0.4, -0.2) is 81.3 Å². The normalized spacial score (nSPS) is 33.4. The number of hydrogen-bond donors (Lipinski definition) is 2. The third-order valence-electron chi connectivity index (χ3n) is 8.25. The molecule has 4 fully saturated rings. The first-order valence-electron chi connectivity index (χ1n) is 12.7. The van der Waals surface area contributed by atoms with Crippen molar-refractivity contribution in [1.82, 2.24) is 9.80 Å². The fraction of sp³-hybridized carbons (Fsp3) is 0.800. The first-order chi connectivity index (χ1) is 16.0. The van der Waals surface area contributed by atoms with Gasteiger partial charge in [0.2, 0.25) is 11.8 Å². The van der Waals surface area contributed by atoms with E-state index in [-0.39, 0.29) is 24.5 Å². The van der Waals surface area contributed by atoms with E-state index in [2.05, 4.69) is 6.58 Å². The molecule has 33 heavy (non-hydrogen) atoms. The zero-order valence-corrected chi connectivity index (χ0v) is 19.5. The van der Waals surface area contributed by atoms with Crippen LogP contribution in [0.4, 0.5) is 0 Å². The Balaban J connectivity index is 1.63. The number of hydrogen-bond acceptors (Lipinski definition) is 5. The van der Waals surface area contributed by atoms with Crippen molar-refractivity contribution in [2.24, 2.45) is 11.8 Å². The third-order valence-corrected chi connectivity index (χ3v) is 8.25. The van der Waals surface area contributed by atoms with Crippen molar-refractivity contribution >= 4 is 17.8 Å². The number of amides is 2. The van der Waals surface area contributed by atoms with Crippen molar-refractivity contribution in [2.45, 2.75) is 94.4 Å². The highest BCUT2D eigenvalue weighted by Crippen LogP contribution is 2.58. The largest absolute Gasteiger partial charge is 0.481 e. The summed E-state index contributed by atoms with van der Waals surface area (Å²) in [4.78, 5) is 43.4. The van der Waals surface area contributed by atoms with Gasteiger partial charge in [-0.05, 0) is 38.5 Å². The zero-order valence-electron chi connectivity index (χ0n) is 19.5. The Hall–Kier alpha value is -1.93. The first-order valence-corrected chi connectivity index (χ1v) is 12.7. The third kappa shape index (κ3) is 4.20. The molecule has 0 radical (unpaired) electrons. The minimum absolute atomic E-state index is 0.111. The Morgan fingerprint density at radius 1 is 1.15 bits per heavy atom. The quantitative estimate of drug-likeness (QED) is 0.361. The molecule has 4 rings (SSSR count). The summed E-state index contributed by atoms with van der Waals surface area (Å²) in [6.07, 6.45) is 10.7. The van der Waals surface area contributed by atoms with Crippen molar-refractivity contribution in [3.8, 4) is 0 Å². The highest BCUT2D eigenvalue weighted by atomic mass is 16.5. The van der Waals surface area contributed by atoms with Crippen molar-refractivity contribution < 1.29 is 29.3 Å². The fourth-order valence-corrected chi connectivity index (χ4v) is 6.81. The summed E-state index contributed by atoms with van der Waals surface area (Å²) in [6, 6.07) is -0.654. The van der Waals surface area contributed by atoms with E-state index < -0.39 is 35.6 Å². The molecule has 2 bridgehead atoms. The predicted molar refractivity (Wildman–Crippen MR) is 121 cm³/mol. The molecular weight excluding hydrogens is 424 g/mol. The molecule has 3 heterocycles. The number of carbonyl (C=O) groups is 3. The number of aliphatic carboxylic acids is 1. The molecule has 5 atom stereocenters. The summed E-state index contributed by atoms with van der Waals surface area (Å²) in [5.41, 5.74) is -1.04. The Morgan fingerprint density at radius 3 is 2.55 bits per heavy atom. The second-order valence-electron chi connectivity index (χ2n) is 10.1. The van der Waals surface area contributed by atoms with E-state index in [1.54, 1.807) is 11.0 Å². The topological polar surface area (TPSA) is 107 Å². The van der Waals surface area contributed by atoms with Crippen LogP contribution >= 0.6 is 0 Å². The van der Waals surface area contributed by atoms with Gasteiger partial charge in [0.15, 0.2) is 0 Å². The number of likely N-dealkylation sites (tertiary alicyclic amines) is 1. The number of carboxylic acids is 1. The molecule has 1 spiro atoms. The van der Waals surface area contributed by atoms with Crippen LogP contribution in [-0.2, 0) is 19.1 Å². The van der Waals surface area contributed by atoms with Gasteiger partial charge in [0.05, 0.1) is 17.9 Å². The Bertz CT molecular complexity index is 766. The van der Waals surface area contributed by atoms with Gasteiger partial charge in [0, 0.05) is 25.7 Å². The van der Waals surface area contributed by atoms with Crippen LogP contribution in [0.25, 0.3) is 0 Å². The molecule has 3 aliphatic heterocycles. The zero-order chi connectivity index (χ0) is 23.6. The molecule has 3 saturated heterocycles. The summed E-state index contributed by atoms with van der Waals surface area (Å²) in [5.74, 6) is -3.04. The number of aliphatic hydroxyl groups excluding tert-OH is 1. The number of carbonyl (C=O) groups excluding carboxylic acids is 2. The first kappa shape index (κ1) is 24.2. The van der Waals surface area contributed by atoms with E-state index in [1.807, 2.05) is 4.90 Å². The summed E-state index contributed by atoms with van der Waals surface area (Å²) in [7, 11) is 0. The minimum Gasteiger partial charge on any atom is -0.481 e. The van der Waals surface area contributed by atoms with E-state index in [1.165, 1.54) is 6.42 Å². The van der Waals surface area contributed by atoms with E-state index in [0.29, 0.717) is 38.8 Å². The molecule has 8 nitrogen and oxygen atoms in total. The molecule has 0 aromatic heterocycles. The van der Waals surface area contributed by atoms with Crippen LogP contribution in [0, 0.1) is 11.8 Å². The Morgan fingerprint density at radius 2 is 1.88 bits per heavy atom. The van der Waals surface area contributed by atoms with Crippen LogP contribution in [0.2, 0.25) is 0 Å². The highest BCUT2D eigenvalue weighted by molar-refractivity contribution is 5.98. The van der Waals surface area contributed by atoms with Crippen molar-refractivity contribution in [2.75, 3.05) is 19.7 Å². The molecule has 1 saturated carbocycles. The van der Waals surface area contributed by atoms with Crippen molar-refractivity contribution in [3.63, 3.8) is 0 Å². The summed E-state index contributed by atoms with van der Waals surface area (Å²) < 4.78 is 6.30. The fourth-order valence-electron chi connectivity index (χ4n) is 6.81. The van der Waals surface area contributed by atoms with Crippen LogP contribution in [0.3, 0.4) is 0 Å². The lowest BCUT2D eigenvalue weighted by molar-refractivity contribution is -0.151. The Labute approximate surface area is 195 Å². The maximum atomic E-state index is 14.2. The lowest BCUT2D eigenvalue weighted by atomic mass is 9.70. The van der Waals surface area contributed by atoms with Crippen LogP contribution < -0.4 is 0 Å². The van der Waals surface area contributed by atoms with Gasteiger partial charge in [-0.1, -0.05) is 38.2 Å². The number of unbranched alkanes of at least 4 members (excludes halogenated alkanes) is 3. The molecule has 2 N–H and O–H groups in total. The number of nitrogens with zero attached hydrogens (tertiary/aromatic N) is 2. The predicted octanol–water partition coefficient (Wildman–Crippen LogP) is 2.35. The number of ether oxygens (including phenoxy) is 1. The van der Waals surface area contributed by atoms with E-state index in [9.17, 15) is 19.5 Å². The van der Waals surface area contributed by atoms with E-state index in [0.717, 1.165) is 38.5 Å². The average molecular weight is 463 g/mol. The van der Waals surface area contributed by atoms with E-state index in [4.69, 9.17) is 9.84 Å². The average Bonchev–Trinajstić information content (AvgIpc) is 3.45. The minimum atomic E-state index is -1.04. The molecule has 2 unspecified atom stereocenters. The summed E-state index contributed by atoms with van der Waals surface area (Å²) >= 11 is 0. The SMILES string of the molecule is C=CCN(C(=O)C1N(CCCCCCO)C(=O)[C@@H]2[C@@H](C(=O)O)[C@H]3CCC12O3)C1CCCCC1. The maximum Gasteiger partial charge on any atom is 0.310 e. The van der Waals surface area contributed by atoms with Crippen LogP contribution in [0.15, 0.2) is 12.7 Å². The number of rotatable bonds is 11. The molecule has 0 aromatic rings. The molecule has 8 heteroatoms. The molecule has 184 valence electrons. The van der Waals surface area contributed by atoms with Crippen LogP contribution in [0.5, 0.6) is 0 Å². The number of carboxylic acid groups (broad SMARTS) is 1. The second-order valence-corrected chi connectivity index (χ2v) is 10.1. The molecule has 0 aromatic carbocycles. The van der Waals surface area contributed by atoms with Crippen molar-refractivity contribution in [3.05, 3.63) is 12.7 Å². The monoisotopic (exact) mass is 462 g/mol. The summed E-state index contributed by atoms with van der Waals surface area (Å²) in [5, 5.41) is 18.9. The van der Waals surface area contributed by atoms with Gasteiger partial charge in [-0.25, -0.2) is 0 Å². The second kappa shape index (κ2) is 10.1. The van der Waals surface area contributed by atoms with Gasteiger partial charge in [-0.15, -0.1) is 6.58 Å². The molecular formula is C25H38N2O6. The molecule has 4 aliphatic rings. The number of aliphatic hydroxyl groups is 1. The Kier molecular flexibility index (Phi) is 7.43. The highest BCUT2D eigenvalue weighted by Gasteiger charge is 2.74. The smallest absolute Gasteiger partial charge is 0.310 e.